The van der Waals surface area contributed by atoms with Gasteiger partial charge in [0.1, 0.15) is 11.6 Å². The standard InChI is InChI=1S/C18H23BrN2O3/c1-10-7-12-9-13(19)8-11-5-6-14(16(22)21(10)15(11)12)20-17(23)24-18(2,3)4/h8-10,14H,5-7H2,1-4H3,(H,20,23). The van der Waals surface area contributed by atoms with Gasteiger partial charge in [-0.25, -0.2) is 4.79 Å². The molecular weight excluding hydrogens is 372 g/mol. The van der Waals surface area contributed by atoms with Gasteiger partial charge in [-0.15, -0.1) is 0 Å². The lowest BCUT2D eigenvalue weighted by Crippen LogP contribution is -2.50. The highest BCUT2D eigenvalue weighted by Gasteiger charge is 2.39. The summed E-state index contributed by atoms with van der Waals surface area (Å²) in [5, 5.41) is 2.76. The van der Waals surface area contributed by atoms with Crippen LogP contribution in [0.15, 0.2) is 16.6 Å². The number of nitrogens with zero attached hydrogens (tertiary/aromatic N) is 1. The Morgan fingerprint density at radius 1 is 1.33 bits per heavy atom. The highest BCUT2D eigenvalue weighted by atomic mass is 79.9. The van der Waals surface area contributed by atoms with E-state index in [0.717, 1.165) is 28.6 Å². The molecular formula is C18H23BrN2O3. The minimum absolute atomic E-state index is 0.0480. The summed E-state index contributed by atoms with van der Waals surface area (Å²) < 4.78 is 6.34. The lowest BCUT2D eigenvalue weighted by atomic mass is 10.0. The van der Waals surface area contributed by atoms with Gasteiger partial charge >= 0.3 is 6.09 Å². The predicted octanol–water partition coefficient (Wildman–Crippen LogP) is 3.57. The number of ether oxygens (including phenoxy) is 1. The average molecular weight is 395 g/mol. The van der Waals surface area contributed by atoms with Gasteiger partial charge in [0.05, 0.1) is 5.69 Å². The molecule has 0 fully saturated rings. The van der Waals surface area contributed by atoms with Gasteiger partial charge in [-0.05, 0) is 70.2 Å². The first-order valence-electron chi connectivity index (χ1n) is 8.29. The van der Waals surface area contributed by atoms with Crippen LogP contribution in [0.2, 0.25) is 0 Å². The number of amides is 2. The summed E-state index contributed by atoms with van der Waals surface area (Å²) in [5.74, 6) is -0.0480. The van der Waals surface area contributed by atoms with Crippen LogP contribution < -0.4 is 10.2 Å². The lowest BCUT2D eigenvalue weighted by molar-refractivity contribution is -0.121. The fourth-order valence-electron chi connectivity index (χ4n) is 3.51. The van der Waals surface area contributed by atoms with Gasteiger partial charge in [-0.3, -0.25) is 4.79 Å². The largest absolute Gasteiger partial charge is 0.444 e. The first-order valence-corrected chi connectivity index (χ1v) is 9.09. The van der Waals surface area contributed by atoms with Crippen molar-refractivity contribution in [2.45, 2.75) is 64.6 Å². The summed E-state index contributed by atoms with van der Waals surface area (Å²) in [6.07, 6.45) is 1.62. The maximum Gasteiger partial charge on any atom is 0.408 e. The maximum atomic E-state index is 13.0. The van der Waals surface area contributed by atoms with Crippen molar-refractivity contribution >= 4 is 33.6 Å². The molecule has 0 radical (unpaired) electrons. The predicted molar refractivity (Wildman–Crippen MR) is 96.3 cm³/mol. The number of halogens is 1. The number of carbonyl (C=O) groups is 2. The Hall–Kier alpha value is -1.56. The zero-order valence-electron chi connectivity index (χ0n) is 14.5. The Morgan fingerprint density at radius 3 is 2.67 bits per heavy atom. The molecule has 0 saturated heterocycles. The van der Waals surface area contributed by atoms with E-state index in [9.17, 15) is 9.59 Å². The van der Waals surface area contributed by atoms with Crippen molar-refractivity contribution in [3.63, 3.8) is 0 Å². The Bertz CT molecular complexity index is 696. The van der Waals surface area contributed by atoms with E-state index >= 15 is 0 Å². The van der Waals surface area contributed by atoms with Gasteiger partial charge < -0.3 is 15.0 Å². The third-order valence-corrected chi connectivity index (χ3v) is 4.82. The van der Waals surface area contributed by atoms with Crippen LogP contribution >= 0.6 is 15.9 Å². The maximum absolute atomic E-state index is 13.0. The van der Waals surface area contributed by atoms with E-state index < -0.39 is 17.7 Å². The van der Waals surface area contributed by atoms with Crippen molar-refractivity contribution in [3.8, 4) is 0 Å². The highest BCUT2D eigenvalue weighted by Crippen LogP contribution is 2.40. The molecule has 130 valence electrons. The first-order chi connectivity index (χ1) is 11.2. The summed E-state index contributed by atoms with van der Waals surface area (Å²) in [6.45, 7) is 7.47. The van der Waals surface area contributed by atoms with E-state index in [1.807, 2.05) is 32.6 Å². The molecule has 1 N–H and O–H groups in total. The van der Waals surface area contributed by atoms with E-state index in [2.05, 4.69) is 33.4 Å². The molecule has 6 heteroatoms. The van der Waals surface area contributed by atoms with Crippen LogP contribution in [-0.4, -0.2) is 29.7 Å². The number of rotatable bonds is 1. The molecule has 2 aliphatic rings. The molecule has 0 bridgehead atoms. The molecule has 2 unspecified atom stereocenters. The summed E-state index contributed by atoms with van der Waals surface area (Å²) in [7, 11) is 0. The molecule has 2 heterocycles. The van der Waals surface area contributed by atoms with E-state index in [0.29, 0.717) is 6.42 Å². The molecule has 2 aliphatic heterocycles. The highest BCUT2D eigenvalue weighted by molar-refractivity contribution is 9.10. The number of hydrogen-bond acceptors (Lipinski definition) is 3. The third-order valence-electron chi connectivity index (χ3n) is 4.36. The molecule has 0 spiro atoms. The number of benzene rings is 1. The topological polar surface area (TPSA) is 58.6 Å². The summed E-state index contributed by atoms with van der Waals surface area (Å²) in [6, 6.07) is 3.71. The number of alkyl carbamates (subject to hydrolysis) is 1. The third kappa shape index (κ3) is 3.29. The van der Waals surface area contributed by atoms with Crippen LogP contribution in [0.5, 0.6) is 0 Å². The second-order valence-corrected chi connectivity index (χ2v) is 8.49. The van der Waals surface area contributed by atoms with Gasteiger partial charge in [0.25, 0.3) is 0 Å². The molecule has 1 aromatic rings. The smallest absolute Gasteiger partial charge is 0.408 e. The van der Waals surface area contributed by atoms with Gasteiger partial charge in [0, 0.05) is 10.5 Å². The van der Waals surface area contributed by atoms with Gasteiger partial charge in [-0.1, -0.05) is 15.9 Å². The second-order valence-electron chi connectivity index (χ2n) is 7.57. The van der Waals surface area contributed by atoms with Gasteiger partial charge in [-0.2, -0.15) is 0 Å². The minimum atomic E-state index is -0.584. The number of nitrogens with one attached hydrogen (secondary N) is 1. The Balaban J connectivity index is 1.86. The number of aryl methyl sites for hydroxylation is 1. The zero-order chi connectivity index (χ0) is 17.6. The number of hydrogen-bond donors (Lipinski definition) is 1. The molecule has 24 heavy (non-hydrogen) atoms. The molecule has 5 nitrogen and oxygen atoms in total. The minimum Gasteiger partial charge on any atom is -0.444 e. The van der Waals surface area contributed by atoms with Crippen molar-refractivity contribution in [2.75, 3.05) is 4.90 Å². The molecule has 1 aromatic carbocycles. The van der Waals surface area contributed by atoms with Crippen LogP contribution in [0.1, 0.15) is 45.2 Å². The van der Waals surface area contributed by atoms with E-state index in [-0.39, 0.29) is 11.9 Å². The molecule has 3 rings (SSSR count). The second kappa shape index (κ2) is 6.06. The zero-order valence-corrected chi connectivity index (χ0v) is 16.1. The van der Waals surface area contributed by atoms with E-state index in [1.165, 1.54) is 5.56 Å². The van der Waals surface area contributed by atoms with Crippen molar-refractivity contribution in [1.82, 2.24) is 5.32 Å². The molecule has 0 saturated carbocycles. The van der Waals surface area contributed by atoms with E-state index in [4.69, 9.17) is 4.74 Å². The van der Waals surface area contributed by atoms with Crippen LogP contribution in [0, 0.1) is 0 Å². The van der Waals surface area contributed by atoms with Crippen molar-refractivity contribution in [2.24, 2.45) is 0 Å². The Kier molecular flexibility index (Phi) is 4.36. The first kappa shape index (κ1) is 17.3. The lowest BCUT2D eigenvalue weighted by Gasteiger charge is -2.27. The van der Waals surface area contributed by atoms with Crippen molar-refractivity contribution in [3.05, 3.63) is 27.7 Å². The molecule has 2 amide bonds. The Morgan fingerprint density at radius 2 is 2.00 bits per heavy atom. The summed E-state index contributed by atoms with van der Waals surface area (Å²) in [5.41, 5.74) is 2.80. The van der Waals surface area contributed by atoms with Crippen LogP contribution in [0.3, 0.4) is 0 Å². The van der Waals surface area contributed by atoms with Gasteiger partial charge in [0.15, 0.2) is 0 Å². The van der Waals surface area contributed by atoms with Gasteiger partial charge in [0.2, 0.25) is 5.91 Å². The van der Waals surface area contributed by atoms with Crippen molar-refractivity contribution in [1.29, 1.82) is 0 Å². The van der Waals surface area contributed by atoms with E-state index in [1.54, 1.807) is 0 Å². The van der Waals surface area contributed by atoms with Crippen LogP contribution in [0.25, 0.3) is 0 Å². The fourth-order valence-corrected chi connectivity index (χ4v) is 4.06. The summed E-state index contributed by atoms with van der Waals surface area (Å²) >= 11 is 3.56. The summed E-state index contributed by atoms with van der Waals surface area (Å²) in [4.78, 5) is 27.0. The van der Waals surface area contributed by atoms with Crippen molar-refractivity contribution < 1.29 is 14.3 Å². The molecule has 0 aliphatic carbocycles. The molecule has 0 aromatic heterocycles. The van der Waals surface area contributed by atoms with Crippen LogP contribution in [-0.2, 0) is 22.4 Å². The number of anilines is 1. The fraction of sp³-hybridized carbons (Fsp3) is 0.556. The SMILES string of the molecule is CC1Cc2cc(Br)cc3c2N1C(=O)C(NC(=O)OC(C)(C)C)CC3. The molecule has 2 atom stereocenters. The quantitative estimate of drug-likeness (QED) is 0.791. The normalized spacial score (nSPS) is 22.9. The average Bonchev–Trinajstić information content (AvgIpc) is 2.68. The Labute approximate surface area is 150 Å². The monoisotopic (exact) mass is 394 g/mol. The number of carbonyl (C=O) groups excluding carboxylic acids is 2. The van der Waals surface area contributed by atoms with Crippen LogP contribution in [0.4, 0.5) is 10.5 Å².